The van der Waals surface area contributed by atoms with Crippen LogP contribution in [-0.2, 0) is 11.2 Å². The number of carbonyl (C=O) groups is 1. The van der Waals surface area contributed by atoms with Gasteiger partial charge >= 0.3 is 0 Å². The zero-order valence-corrected chi connectivity index (χ0v) is 16.4. The molecule has 0 spiro atoms. The molecular weight excluding hydrogens is 373 g/mol. The van der Waals surface area contributed by atoms with E-state index in [4.69, 9.17) is 0 Å². The van der Waals surface area contributed by atoms with E-state index in [0.29, 0.717) is 28.7 Å². The summed E-state index contributed by atoms with van der Waals surface area (Å²) >= 11 is 1.49. The molecule has 2 aromatic carbocycles. The summed E-state index contributed by atoms with van der Waals surface area (Å²) in [6, 6.07) is 16.8. The van der Waals surface area contributed by atoms with E-state index in [1.54, 1.807) is 17.0 Å². The highest BCUT2D eigenvalue weighted by molar-refractivity contribution is 8.03. The zero-order valence-electron chi connectivity index (χ0n) is 15.6. The molecular formula is C22H20FN3OS. The van der Waals surface area contributed by atoms with E-state index < -0.39 is 0 Å². The molecule has 0 radical (unpaired) electrons. The van der Waals surface area contributed by atoms with Gasteiger partial charge in [0.25, 0.3) is 0 Å². The first-order valence-electron chi connectivity index (χ1n) is 9.27. The second-order valence-electron chi connectivity index (χ2n) is 6.94. The number of nitriles is 1. The molecule has 2 heterocycles. The van der Waals surface area contributed by atoms with Crippen LogP contribution in [0.1, 0.15) is 30.4 Å². The molecule has 1 saturated heterocycles. The molecule has 6 heteroatoms. The molecule has 28 heavy (non-hydrogen) atoms. The van der Waals surface area contributed by atoms with Crippen molar-refractivity contribution >= 4 is 23.4 Å². The Kier molecular flexibility index (Phi) is 5.10. The molecule has 0 unspecified atom stereocenters. The van der Waals surface area contributed by atoms with Gasteiger partial charge in [-0.3, -0.25) is 9.69 Å². The van der Waals surface area contributed by atoms with Gasteiger partial charge in [-0.2, -0.15) is 5.26 Å². The van der Waals surface area contributed by atoms with Gasteiger partial charge in [0, 0.05) is 18.0 Å². The second kappa shape index (κ2) is 7.69. The van der Waals surface area contributed by atoms with Gasteiger partial charge < -0.3 is 4.90 Å². The number of amides is 1. The fourth-order valence-corrected chi connectivity index (χ4v) is 4.84. The third-order valence-corrected chi connectivity index (χ3v) is 6.41. The Morgan fingerprint density at radius 2 is 2.04 bits per heavy atom. The molecule has 1 amide bonds. The Bertz CT molecular complexity index is 980. The number of halogens is 1. The zero-order chi connectivity index (χ0) is 19.7. The van der Waals surface area contributed by atoms with Crippen molar-refractivity contribution in [1.82, 2.24) is 4.90 Å². The molecule has 142 valence electrons. The van der Waals surface area contributed by atoms with E-state index in [0.717, 1.165) is 12.1 Å². The highest BCUT2D eigenvalue weighted by atomic mass is 32.2. The first-order chi connectivity index (χ1) is 13.6. The number of thioether (sulfide) groups is 1. The number of hydrogen-bond donors (Lipinski definition) is 0. The highest BCUT2D eigenvalue weighted by Crippen LogP contribution is 2.43. The van der Waals surface area contributed by atoms with E-state index in [9.17, 15) is 14.4 Å². The van der Waals surface area contributed by atoms with E-state index in [2.05, 4.69) is 42.2 Å². The molecule has 2 aromatic rings. The topological polar surface area (TPSA) is 47.3 Å². The second-order valence-corrected chi connectivity index (χ2v) is 7.87. The molecule has 1 atom stereocenters. The average molecular weight is 393 g/mol. The lowest BCUT2D eigenvalue weighted by molar-refractivity contribution is -0.129. The van der Waals surface area contributed by atoms with Gasteiger partial charge in [-0.05, 0) is 41.8 Å². The van der Waals surface area contributed by atoms with E-state index in [1.807, 2.05) is 0 Å². The normalized spacial score (nSPS) is 19.5. The summed E-state index contributed by atoms with van der Waals surface area (Å²) in [5, 5.41) is 10.5. The van der Waals surface area contributed by atoms with Crippen LogP contribution in [0.15, 0.2) is 59.1 Å². The van der Waals surface area contributed by atoms with Crippen LogP contribution in [0.5, 0.6) is 0 Å². The predicted molar refractivity (Wildman–Crippen MR) is 109 cm³/mol. The highest BCUT2D eigenvalue weighted by Gasteiger charge is 2.38. The van der Waals surface area contributed by atoms with E-state index >= 15 is 0 Å². The van der Waals surface area contributed by atoms with Crippen LogP contribution in [-0.4, -0.2) is 23.4 Å². The summed E-state index contributed by atoms with van der Waals surface area (Å²) in [4.78, 5) is 16.7. The minimum atomic E-state index is -0.387. The number of anilines is 1. The summed E-state index contributed by atoms with van der Waals surface area (Å²) in [5.74, 6) is -0.119. The number of aryl methyl sites for hydroxylation is 1. The van der Waals surface area contributed by atoms with E-state index in [-0.39, 0.29) is 24.1 Å². The lowest BCUT2D eigenvalue weighted by Crippen LogP contribution is -2.47. The molecule has 4 rings (SSSR count). The van der Waals surface area contributed by atoms with Crippen LogP contribution in [0, 0.1) is 17.1 Å². The van der Waals surface area contributed by atoms with Gasteiger partial charge in [-0.25, -0.2) is 4.39 Å². The number of fused-ring (bicyclic) bond motifs is 1. The van der Waals surface area contributed by atoms with Gasteiger partial charge in [-0.1, -0.05) is 43.0 Å². The molecule has 0 saturated carbocycles. The van der Waals surface area contributed by atoms with Crippen molar-refractivity contribution in [2.45, 2.75) is 25.7 Å². The number of benzene rings is 2. The average Bonchev–Trinajstić information content (AvgIpc) is 2.73. The third-order valence-electron chi connectivity index (χ3n) is 5.25. The first-order valence-corrected chi connectivity index (χ1v) is 10.3. The molecule has 0 N–H and O–H groups in total. The van der Waals surface area contributed by atoms with Gasteiger partial charge in [0.05, 0.1) is 29.2 Å². The lowest BCUT2D eigenvalue weighted by Gasteiger charge is -2.42. The van der Waals surface area contributed by atoms with Gasteiger partial charge in [0.15, 0.2) is 0 Å². The number of allylic oxidation sites excluding steroid dienone is 1. The fraction of sp³-hybridized carbons (Fsp3) is 0.273. The van der Waals surface area contributed by atoms with Crippen LogP contribution >= 0.6 is 11.8 Å². The van der Waals surface area contributed by atoms with Crippen LogP contribution < -0.4 is 4.90 Å². The third kappa shape index (κ3) is 3.38. The SMILES string of the molecule is CCc1ccc(N2CSC3=C(C#N)[C@@H](c4cccc(F)c4)CC(=O)N3C2)cc1. The largest absolute Gasteiger partial charge is 0.344 e. The van der Waals surface area contributed by atoms with Crippen molar-refractivity contribution in [3.05, 3.63) is 76.1 Å². The quantitative estimate of drug-likeness (QED) is 0.764. The maximum atomic E-state index is 13.7. The Morgan fingerprint density at radius 1 is 1.25 bits per heavy atom. The summed E-state index contributed by atoms with van der Waals surface area (Å²) in [5.41, 5.74) is 3.56. The number of hydrogen-bond acceptors (Lipinski definition) is 4. The molecule has 0 aromatic heterocycles. The van der Waals surface area contributed by atoms with Crippen LogP contribution in [0.2, 0.25) is 0 Å². The summed E-state index contributed by atoms with van der Waals surface area (Å²) in [7, 11) is 0. The van der Waals surface area contributed by atoms with Crippen molar-refractivity contribution < 1.29 is 9.18 Å². The number of carbonyl (C=O) groups excluding carboxylic acids is 1. The van der Waals surface area contributed by atoms with Gasteiger partial charge in [0.2, 0.25) is 5.91 Å². The minimum Gasteiger partial charge on any atom is -0.344 e. The Hall–Kier alpha value is -2.78. The van der Waals surface area contributed by atoms with Crippen molar-refractivity contribution in [2.24, 2.45) is 0 Å². The van der Waals surface area contributed by atoms with Crippen molar-refractivity contribution in [1.29, 1.82) is 5.26 Å². The molecule has 2 aliphatic heterocycles. The summed E-state index contributed by atoms with van der Waals surface area (Å²) in [6.45, 7) is 2.54. The number of rotatable bonds is 3. The minimum absolute atomic E-state index is 0.0364. The van der Waals surface area contributed by atoms with Crippen molar-refractivity contribution in [2.75, 3.05) is 17.4 Å². The molecule has 1 fully saturated rings. The Labute approximate surface area is 168 Å². The monoisotopic (exact) mass is 393 g/mol. The summed E-state index contributed by atoms with van der Waals surface area (Å²) < 4.78 is 13.7. The van der Waals surface area contributed by atoms with E-state index in [1.165, 1.54) is 29.5 Å². The molecule has 0 bridgehead atoms. The predicted octanol–water partition coefficient (Wildman–Crippen LogP) is 4.61. The Morgan fingerprint density at radius 3 is 2.71 bits per heavy atom. The van der Waals surface area contributed by atoms with Gasteiger partial charge in [-0.15, -0.1) is 0 Å². The maximum absolute atomic E-state index is 13.7. The number of nitrogens with zero attached hydrogens (tertiary/aromatic N) is 3. The van der Waals surface area contributed by atoms with Gasteiger partial charge in [0.1, 0.15) is 5.82 Å². The van der Waals surface area contributed by atoms with Crippen LogP contribution in [0.25, 0.3) is 0 Å². The molecule has 2 aliphatic rings. The fourth-order valence-electron chi connectivity index (χ4n) is 3.68. The first kappa shape index (κ1) is 18.6. The molecule has 0 aliphatic carbocycles. The molecule has 4 nitrogen and oxygen atoms in total. The van der Waals surface area contributed by atoms with Crippen LogP contribution in [0.3, 0.4) is 0 Å². The standard InChI is InChI=1S/C22H20FN3OS/c1-2-15-6-8-18(9-7-15)25-13-26-21(27)11-19(16-4-3-5-17(23)10-16)20(12-24)22(26)28-14-25/h3-10,19H,2,11,13-14H2,1H3/t19-/m1/s1. The Balaban J connectivity index is 1.64. The lowest BCUT2D eigenvalue weighted by atomic mass is 9.86. The van der Waals surface area contributed by atoms with Crippen LogP contribution in [0.4, 0.5) is 10.1 Å². The summed E-state index contributed by atoms with van der Waals surface area (Å²) in [6.07, 6.45) is 1.17. The van der Waals surface area contributed by atoms with Crippen molar-refractivity contribution in [3.8, 4) is 6.07 Å². The van der Waals surface area contributed by atoms with Crippen molar-refractivity contribution in [3.63, 3.8) is 0 Å². The maximum Gasteiger partial charge on any atom is 0.229 e. The smallest absolute Gasteiger partial charge is 0.229 e.